The molecule has 8 nitrogen and oxygen atoms in total. The summed E-state index contributed by atoms with van der Waals surface area (Å²) < 4.78 is 4.60. The Labute approximate surface area is 145 Å². The van der Waals surface area contributed by atoms with E-state index in [1.807, 2.05) is 24.4 Å². The normalized spacial score (nSPS) is 15.7. The van der Waals surface area contributed by atoms with Crippen molar-refractivity contribution in [2.24, 2.45) is 5.92 Å². The van der Waals surface area contributed by atoms with Crippen LogP contribution in [0.4, 0.5) is 5.82 Å². The van der Waals surface area contributed by atoms with Gasteiger partial charge in [-0.2, -0.15) is 0 Å². The number of nitrogens with one attached hydrogen (secondary N) is 2. The fraction of sp³-hybridized carbons (Fsp3) is 0.412. The number of pyridine rings is 1. The summed E-state index contributed by atoms with van der Waals surface area (Å²) in [6.07, 6.45) is 5.10. The molecule has 0 unspecified atom stereocenters. The largest absolute Gasteiger partial charge is 0.363 e. The van der Waals surface area contributed by atoms with Gasteiger partial charge in [0, 0.05) is 25.4 Å². The zero-order chi connectivity index (χ0) is 17.5. The van der Waals surface area contributed by atoms with Gasteiger partial charge in [0.1, 0.15) is 6.26 Å². The Morgan fingerprint density at radius 3 is 2.72 bits per heavy atom. The number of carbonyl (C=O) groups is 2. The van der Waals surface area contributed by atoms with E-state index in [0.29, 0.717) is 12.5 Å². The molecule has 2 amide bonds. The first-order valence-corrected chi connectivity index (χ1v) is 8.32. The predicted octanol–water partition coefficient (Wildman–Crippen LogP) is 1.04. The Bertz CT molecular complexity index is 682. The fourth-order valence-electron chi connectivity index (χ4n) is 2.84. The number of nitrogens with zero attached hydrogens (tertiary/aromatic N) is 3. The summed E-state index contributed by atoms with van der Waals surface area (Å²) in [6.45, 7) is 3.27. The minimum atomic E-state index is -0.735. The van der Waals surface area contributed by atoms with Crippen LogP contribution in [0.5, 0.6) is 0 Å². The van der Waals surface area contributed by atoms with E-state index in [4.69, 9.17) is 0 Å². The van der Waals surface area contributed by atoms with Crippen LogP contribution >= 0.6 is 0 Å². The van der Waals surface area contributed by atoms with Gasteiger partial charge in [-0.3, -0.25) is 24.8 Å². The first-order valence-electron chi connectivity index (χ1n) is 8.32. The van der Waals surface area contributed by atoms with Crippen molar-refractivity contribution in [3.8, 4) is 0 Å². The molecule has 3 rings (SSSR count). The van der Waals surface area contributed by atoms with Crippen LogP contribution in [-0.4, -0.2) is 46.5 Å². The van der Waals surface area contributed by atoms with Crippen LogP contribution in [0.25, 0.3) is 0 Å². The number of rotatable bonds is 5. The van der Waals surface area contributed by atoms with Gasteiger partial charge < -0.3 is 9.84 Å². The lowest BCUT2D eigenvalue weighted by Gasteiger charge is -2.31. The van der Waals surface area contributed by atoms with Gasteiger partial charge in [0.25, 0.3) is 0 Å². The van der Waals surface area contributed by atoms with Crippen molar-refractivity contribution in [3.63, 3.8) is 0 Å². The van der Waals surface area contributed by atoms with Crippen LogP contribution in [0.3, 0.4) is 0 Å². The van der Waals surface area contributed by atoms with E-state index >= 15 is 0 Å². The molecular formula is C17H21N5O3. The molecule has 0 aliphatic carbocycles. The number of piperidine rings is 1. The summed E-state index contributed by atoms with van der Waals surface area (Å²) in [7, 11) is 0. The lowest BCUT2D eigenvalue weighted by molar-refractivity contribution is -0.136. The van der Waals surface area contributed by atoms with Crippen molar-refractivity contribution in [3.05, 3.63) is 42.4 Å². The van der Waals surface area contributed by atoms with E-state index in [1.54, 1.807) is 0 Å². The fourth-order valence-corrected chi connectivity index (χ4v) is 2.84. The molecule has 0 atom stereocenters. The number of hydrogen-bond acceptors (Lipinski definition) is 6. The molecule has 132 valence electrons. The average Bonchev–Trinajstić information content (AvgIpc) is 3.14. The molecule has 25 heavy (non-hydrogen) atoms. The highest BCUT2D eigenvalue weighted by molar-refractivity contribution is 6.39. The SMILES string of the molecule is O=C(NCC1CCN(Cc2ccccn2)CC1)C(=O)Nc1ccon1. The number of aromatic nitrogens is 2. The molecule has 1 saturated heterocycles. The van der Waals surface area contributed by atoms with Gasteiger partial charge in [0.15, 0.2) is 5.82 Å². The van der Waals surface area contributed by atoms with Crippen molar-refractivity contribution >= 4 is 17.6 Å². The summed E-state index contributed by atoms with van der Waals surface area (Å²) in [5.41, 5.74) is 1.07. The third-order valence-electron chi connectivity index (χ3n) is 4.26. The standard InChI is InChI=1S/C17H21N5O3/c23-16(17(24)20-15-6-10-25-21-15)19-11-13-4-8-22(9-5-13)12-14-3-1-2-7-18-14/h1-3,6-7,10,13H,4-5,8-9,11-12H2,(H,19,23)(H,20,21,24). The molecule has 1 aliphatic rings. The lowest BCUT2D eigenvalue weighted by atomic mass is 9.96. The van der Waals surface area contributed by atoms with Gasteiger partial charge in [-0.05, 0) is 44.0 Å². The summed E-state index contributed by atoms with van der Waals surface area (Å²) >= 11 is 0. The molecule has 0 spiro atoms. The third-order valence-corrected chi connectivity index (χ3v) is 4.26. The Morgan fingerprint density at radius 2 is 2.04 bits per heavy atom. The maximum absolute atomic E-state index is 11.8. The summed E-state index contributed by atoms with van der Waals surface area (Å²) in [6, 6.07) is 7.41. The molecule has 2 N–H and O–H groups in total. The number of hydrogen-bond donors (Lipinski definition) is 2. The van der Waals surface area contributed by atoms with E-state index in [0.717, 1.165) is 38.2 Å². The van der Waals surface area contributed by atoms with Gasteiger partial charge in [-0.1, -0.05) is 11.2 Å². The molecule has 8 heteroatoms. The van der Waals surface area contributed by atoms with Crippen molar-refractivity contribution in [1.82, 2.24) is 20.4 Å². The second-order valence-electron chi connectivity index (χ2n) is 6.09. The molecule has 1 aliphatic heterocycles. The average molecular weight is 343 g/mol. The van der Waals surface area contributed by atoms with Crippen LogP contribution < -0.4 is 10.6 Å². The Balaban J connectivity index is 1.36. The third kappa shape index (κ3) is 5.12. The minimum Gasteiger partial charge on any atom is -0.363 e. The van der Waals surface area contributed by atoms with E-state index in [9.17, 15) is 9.59 Å². The highest BCUT2D eigenvalue weighted by atomic mass is 16.5. The Morgan fingerprint density at radius 1 is 1.20 bits per heavy atom. The van der Waals surface area contributed by atoms with E-state index < -0.39 is 11.8 Å². The minimum absolute atomic E-state index is 0.225. The molecule has 0 aromatic carbocycles. The zero-order valence-corrected chi connectivity index (χ0v) is 13.9. The van der Waals surface area contributed by atoms with E-state index in [-0.39, 0.29) is 5.82 Å². The number of carbonyl (C=O) groups excluding carboxylic acids is 2. The van der Waals surface area contributed by atoms with Crippen LogP contribution in [-0.2, 0) is 16.1 Å². The van der Waals surface area contributed by atoms with E-state index in [1.165, 1.54) is 12.3 Å². The quantitative estimate of drug-likeness (QED) is 0.787. The van der Waals surface area contributed by atoms with Crippen molar-refractivity contribution in [2.45, 2.75) is 19.4 Å². The molecule has 0 radical (unpaired) electrons. The molecular weight excluding hydrogens is 322 g/mol. The Kier molecular flexibility index (Phi) is 5.73. The molecule has 2 aromatic heterocycles. The van der Waals surface area contributed by atoms with Crippen LogP contribution in [0.15, 0.2) is 41.2 Å². The summed E-state index contributed by atoms with van der Waals surface area (Å²) in [4.78, 5) is 30.2. The Hall–Kier alpha value is -2.74. The number of anilines is 1. The maximum atomic E-state index is 11.8. The second-order valence-corrected chi connectivity index (χ2v) is 6.09. The summed E-state index contributed by atoms with van der Waals surface area (Å²) in [5.74, 6) is -0.785. The monoisotopic (exact) mass is 343 g/mol. The van der Waals surface area contributed by atoms with Crippen molar-refractivity contribution in [1.29, 1.82) is 0 Å². The highest BCUT2D eigenvalue weighted by Crippen LogP contribution is 2.17. The van der Waals surface area contributed by atoms with Gasteiger partial charge in [-0.15, -0.1) is 0 Å². The first-order chi connectivity index (χ1) is 12.2. The van der Waals surface area contributed by atoms with Gasteiger partial charge >= 0.3 is 11.8 Å². The second kappa shape index (κ2) is 8.39. The van der Waals surface area contributed by atoms with Gasteiger partial charge in [0.2, 0.25) is 0 Å². The smallest absolute Gasteiger partial charge is 0.314 e. The first kappa shape index (κ1) is 17.1. The van der Waals surface area contributed by atoms with Gasteiger partial charge in [-0.25, -0.2) is 0 Å². The lowest BCUT2D eigenvalue weighted by Crippen LogP contribution is -2.41. The molecule has 1 fully saturated rings. The van der Waals surface area contributed by atoms with Crippen molar-refractivity contribution < 1.29 is 14.1 Å². The van der Waals surface area contributed by atoms with Gasteiger partial charge in [0.05, 0.1) is 5.69 Å². The molecule has 0 saturated carbocycles. The molecule has 3 heterocycles. The maximum Gasteiger partial charge on any atom is 0.314 e. The molecule has 0 bridgehead atoms. The van der Waals surface area contributed by atoms with Crippen LogP contribution in [0.1, 0.15) is 18.5 Å². The summed E-state index contributed by atoms with van der Waals surface area (Å²) in [5, 5.41) is 8.60. The van der Waals surface area contributed by atoms with E-state index in [2.05, 4.69) is 30.2 Å². The predicted molar refractivity (Wildman–Crippen MR) is 90.4 cm³/mol. The number of likely N-dealkylation sites (tertiary alicyclic amines) is 1. The zero-order valence-electron chi connectivity index (χ0n) is 13.9. The molecule has 2 aromatic rings. The van der Waals surface area contributed by atoms with Crippen LogP contribution in [0.2, 0.25) is 0 Å². The topological polar surface area (TPSA) is 100 Å². The highest BCUT2D eigenvalue weighted by Gasteiger charge is 2.21. The van der Waals surface area contributed by atoms with Crippen molar-refractivity contribution in [2.75, 3.05) is 25.0 Å². The van der Waals surface area contributed by atoms with Crippen LogP contribution in [0, 0.1) is 5.92 Å². The number of amides is 2.